The summed E-state index contributed by atoms with van der Waals surface area (Å²) in [5.41, 5.74) is 11.0. The Hall–Kier alpha value is -3.49. The fourth-order valence-corrected chi connectivity index (χ4v) is 5.14. The zero-order valence-corrected chi connectivity index (χ0v) is 17.2. The van der Waals surface area contributed by atoms with Gasteiger partial charge in [0.1, 0.15) is 0 Å². The van der Waals surface area contributed by atoms with Gasteiger partial charge in [0.2, 0.25) is 9.84 Å². The molecule has 0 amide bonds. The molecule has 3 N–H and O–H groups in total. The first-order valence-corrected chi connectivity index (χ1v) is 11.5. The third-order valence-corrected chi connectivity index (χ3v) is 7.23. The number of rotatable bonds is 4. The molecule has 0 aliphatic rings. The van der Waals surface area contributed by atoms with E-state index in [-0.39, 0.29) is 9.92 Å². The van der Waals surface area contributed by atoms with Crippen LogP contribution in [0.4, 0.5) is 17.1 Å². The highest BCUT2D eigenvalue weighted by Crippen LogP contribution is 2.31. The van der Waals surface area contributed by atoms with E-state index in [0.717, 1.165) is 21.3 Å². The number of fused-ring (bicyclic) bond motifs is 2. The van der Waals surface area contributed by atoms with Gasteiger partial charge in [-0.2, -0.15) is 0 Å². The number of nitrogens with zero attached hydrogens (tertiary/aromatic N) is 2. The quantitative estimate of drug-likeness (QED) is 0.388. The summed E-state index contributed by atoms with van der Waals surface area (Å²) in [5, 5.41) is 4.14. The molecule has 0 radical (unpaired) electrons. The Kier molecular flexibility index (Phi) is 4.38. The van der Waals surface area contributed by atoms with Gasteiger partial charge in [-0.3, -0.25) is 0 Å². The molecule has 3 aromatic carbocycles. The van der Waals surface area contributed by atoms with Crippen LogP contribution in [0.15, 0.2) is 88.2 Å². The number of sulfone groups is 1. The van der Waals surface area contributed by atoms with Crippen molar-refractivity contribution in [2.24, 2.45) is 0 Å². The first-order chi connectivity index (χ1) is 14.5. The fraction of sp³-hybridized carbons (Fsp3) is 0. The second-order valence-corrected chi connectivity index (χ2v) is 9.54. The number of para-hydroxylation sites is 1. The van der Waals surface area contributed by atoms with Crippen LogP contribution in [0.2, 0.25) is 0 Å². The van der Waals surface area contributed by atoms with Gasteiger partial charge in [0.15, 0.2) is 5.03 Å². The van der Waals surface area contributed by atoms with Crippen molar-refractivity contribution in [2.75, 3.05) is 11.1 Å². The minimum Gasteiger partial charge on any atom is -0.399 e. The van der Waals surface area contributed by atoms with E-state index in [1.54, 1.807) is 41.1 Å². The van der Waals surface area contributed by atoms with Gasteiger partial charge in [-0.25, -0.2) is 18.4 Å². The van der Waals surface area contributed by atoms with Crippen molar-refractivity contribution in [1.82, 2.24) is 9.97 Å². The highest BCUT2D eigenvalue weighted by atomic mass is 32.2. The zero-order valence-electron chi connectivity index (χ0n) is 15.6. The van der Waals surface area contributed by atoms with Crippen LogP contribution in [0.1, 0.15) is 0 Å². The topological polar surface area (TPSA) is 98.0 Å². The molecule has 0 spiro atoms. The summed E-state index contributed by atoms with van der Waals surface area (Å²) < 4.78 is 27.5. The van der Waals surface area contributed by atoms with Crippen molar-refractivity contribution in [1.29, 1.82) is 0 Å². The molecule has 0 bridgehead atoms. The molecule has 2 aromatic heterocycles. The molecule has 5 rings (SSSR count). The van der Waals surface area contributed by atoms with E-state index in [0.29, 0.717) is 16.9 Å². The number of nitrogens with one attached hydrogen (secondary N) is 1. The van der Waals surface area contributed by atoms with Gasteiger partial charge in [0, 0.05) is 22.8 Å². The van der Waals surface area contributed by atoms with Crippen molar-refractivity contribution in [3.8, 4) is 0 Å². The maximum absolute atomic E-state index is 13.2. The molecule has 0 saturated heterocycles. The minimum atomic E-state index is -3.81. The summed E-state index contributed by atoms with van der Waals surface area (Å²) in [6, 6.07) is 21.0. The average molecular weight is 433 g/mol. The second kappa shape index (κ2) is 7.08. The average Bonchev–Trinajstić information content (AvgIpc) is 3.22. The van der Waals surface area contributed by atoms with Crippen LogP contribution in [0, 0.1) is 0 Å². The molecule has 5 aromatic rings. The van der Waals surface area contributed by atoms with Crippen LogP contribution in [0.25, 0.3) is 21.1 Å². The van der Waals surface area contributed by atoms with E-state index in [2.05, 4.69) is 15.3 Å². The lowest BCUT2D eigenvalue weighted by molar-refractivity contribution is 0.593. The lowest BCUT2D eigenvalue weighted by atomic mass is 10.2. The van der Waals surface area contributed by atoms with Gasteiger partial charge in [0.25, 0.3) is 0 Å². The predicted molar refractivity (Wildman–Crippen MR) is 121 cm³/mol. The van der Waals surface area contributed by atoms with Crippen LogP contribution in [0.3, 0.4) is 0 Å². The van der Waals surface area contributed by atoms with Crippen LogP contribution in [-0.4, -0.2) is 18.4 Å². The van der Waals surface area contributed by atoms with Crippen LogP contribution in [-0.2, 0) is 9.84 Å². The molecule has 0 saturated carbocycles. The first-order valence-electron chi connectivity index (χ1n) is 9.11. The smallest absolute Gasteiger partial charge is 0.223 e. The normalized spacial score (nSPS) is 11.7. The number of hydrogen-bond acceptors (Lipinski definition) is 7. The number of aromatic nitrogens is 2. The van der Waals surface area contributed by atoms with Gasteiger partial charge < -0.3 is 11.1 Å². The van der Waals surface area contributed by atoms with Gasteiger partial charge in [-0.1, -0.05) is 18.2 Å². The molecule has 6 nitrogen and oxygen atoms in total. The molecule has 0 atom stereocenters. The molecule has 30 heavy (non-hydrogen) atoms. The van der Waals surface area contributed by atoms with E-state index < -0.39 is 9.84 Å². The van der Waals surface area contributed by atoms with Gasteiger partial charge >= 0.3 is 0 Å². The van der Waals surface area contributed by atoms with E-state index in [9.17, 15) is 8.42 Å². The summed E-state index contributed by atoms with van der Waals surface area (Å²) in [4.78, 5) is 8.91. The number of benzene rings is 3. The first kappa shape index (κ1) is 18.5. The van der Waals surface area contributed by atoms with Gasteiger partial charge in [-0.15, -0.1) is 11.3 Å². The lowest BCUT2D eigenvalue weighted by Gasteiger charge is -2.13. The largest absolute Gasteiger partial charge is 0.399 e. The number of thiazole rings is 1. The number of nitrogen functional groups attached to an aromatic ring is 1. The predicted octanol–water partition coefficient (Wildman–Crippen LogP) is 5.00. The van der Waals surface area contributed by atoms with Gasteiger partial charge in [-0.05, 0) is 48.5 Å². The monoisotopic (exact) mass is 432 g/mol. The summed E-state index contributed by atoms with van der Waals surface area (Å²) in [7, 11) is -3.81. The van der Waals surface area contributed by atoms with Crippen molar-refractivity contribution in [3.63, 3.8) is 0 Å². The molecule has 0 fully saturated rings. The zero-order chi connectivity index (χ0) is 20.7. The lowest BCUT2D eigenvalue weighted by Crippen LogP contribution is -2.06. The number of anilines is 3. The van der Waals surface area contributed by atoms with Gasteiger partial charge in [0.05, 0.1) is 31.8 Å². The highest BCUT2D eigenvalue weighted by Gasteiger charge is 2.21. The third kappa shape index (κ3) is 3.26. The van der Waals surface area contributed by atoms with E-state index in [1.165, 1.54) is 12.1 Å². The van der Waals surface area contributed by atoms with Crippen molar-refractivity contribution in [3.05, 3.63) is 78.3 Å². The van der Waals surface area contributed by atoms with E-state index in [1.807, 2.05) is 36.4 Å². The summed E-state index contributed by atoms with van der Waals surface area (Å²) >= 11 is 1.57. The summed E-state index contributed by atoms with van der Waals surface area (Å²) in [6.45, 7) is 0. The van der Waals surface area contributed by atoms with Crippen molar-refractivity contribution < 1.29 is 8.42 Å². The second-order valence-electron chi connectivity index (χ2n) is 6.76. The fourth-order valence-electron chi connectivity index (χ4n) is 3.25. The summed E-state index contributed by atoms with van der Waals surface area (Å²) in [5.74, 6) is 0. The van der Waals surface area contributed by atoms with E-state index in [4.69, 9.17) is 5.73 Å². The molecule has 0 unspecified atom stereocenters. The molecular formula is C22H16N4O2S2. The maximum atomic E-state index is 13.2. The molecule has 2 heterocycles. The molecule has 0 aliphatic carbocycles. The van der Waals surface area contributed by atoms with E-state index >= 15 is 0 Å². The number of nitrogens with two attached hydrogens (primary N) is 1. The summed E-state index contributed by atoms with van der Waals surface area (Å²) in [6.07, 6.45) is 0. The highest BCUT2D eigenvalue weighted by molar-refractivity contribution is 7.91. The van der Waals surface area contributed by atoms with Crippen LogP contribution in [0.5, 0.6) is 0 Å². The van der Waals surface area contributed by atoms with Crippen LogP contribution < -0.4 is 11.1 Å². The Balaban J connectivity index is 1.65. The number of hydrogen-bond donors (Lipinski definition) is 2. The molecular weight excluding hydrogens is 416 g/mol. The Morgan fingerprint density at radius 1 is 0.900 bits per heavy atom. The van der Waals surface area contributed by atoms with Crippen molar-refractivity contribution >= 4 is 59.4 Å². The minimum absolute atomic E-state index is 0.0248. The molecule has 8 heteroatoms. The number of pyridine rings is 1. The third-order valence-electron chi connectivity index (χ3n) is 4.77. The Morgan fingerprint density at radius 3 is 2.53 bits per heavy atom. The van der Waals surface area contributed by atoms with Crippen LogP contribution >= 0.6 is 11.3 Å². The Morgan fingerprint density at radius 2 is 1.70 bits per heavy atom. The standard InChI is InChI=1S/C22H16N4O2S2/c23-14-5-8-16(9-6-14)30(27,28)22-12-19(17-3-1-2-4-18(17)26-22)25-15-7-10-21-20(11-15)24-13-29-21/h1-13H,23H2,(H,25,26). The molecule has 0 aliphatic heterocycles. The Labute approximate surface area is 177 Å². The molecule has 148 valence electrons. The maximum Gasteiger partial charge on any atom is 0.223 e. The SMILES string of the molecule is Nc1ccc(S(=O)(=O)c2cc(Nc3ccc4scnc4c3)c3ccccc3n2)cc1. The van der Waals surface area contributed by atoms with Crippen molar-refractivity contribution in [2.45, 2.75) is 9.92 Å². The Bertz CT molecular complexity index is 1490.